The summed E-state index contributed by atoms with van der Waals surface area (Å²) in [5.74, 6) is 1.89. The van der Waals surface area contributed by atoms with Crippen molar-refractivity contribution in [3.63, 3.8) is 0 Å². The van der Waals surface area contributed by atoms with Gasteiger partial charge in [0.25, 0.3) is 0 Å². The summed E-state index contributed by atoms with van der Waals surface area (Å²) >= 11 is 1.90. The topological polar surface area (TPSA) is 27.6 Å². The third kappa shape index (κ3) is 3.88. The van der Waals surface area contributed by atoms with Gasteiger partial charge in [-0.05, 0) is 38.8 Å². The number of piperidine rings is 1. The van der Waals surface area contributed by atoms with Crippen molar-refractivity contribution in [2.24, 2.45) is 10.9 Å². The van der Waals surface area contributed by atoms with Crippen LogP contribution in [0.1, 0.15) is 33.1 Å². The maximum atomic E-state index is 4.85. The monoisotopic (exact) mass is 255 g/mol. The number of aliphatic imine (C=N–C) groups is 1. The van der Waals surface area contributed by atoms with Gasteiger partial charge in [-0.1, -0.05) is 25.6 Å². The zero-order valence-corrected chi connectivity index (χ0v) is 12.1. The average Bonchev–Trinajstić information content (AvgIpc) is 2.29. The lowest BCUT2D eigenvalue weighted by molar-refractivity contribution is 0.241. The van der Waals surface area contributed by atoms with E-state index in [2.05, 4.69) is 31.1 Å². The van der Waals surface area contributed by atoms with E-state index >= 15 is 0 Å². The van der Waals surface area contributed by atoms with E-state index in [1.165, 1.54) is 36.7 Å². The molecule has 2 rings (SSSR count). The fourth-order valence-electron chi connectivity index (χ4n) is 2.55. The molecule has 0 radical (unpaired) electrons. The number of thioether (sulfide) groups is 1. The Hall–Kier alpha value is -0.220. The molecule has 0 aromatic carbocycles. The molecule has 0 aromatic heterocycles. The minimum absolute atomic E-state index is 0.528. The van der Waals surface area contributed by atoms with E-state index < -0.39 is 0 Å². The fourth-order valence-corrected chi connectivity index (χ4v) is 3.56. The molecule has 2 heterocycles. The van der Waals surface area contributed by atoms with Gasteiger partial charge in [-0.25, -0.2) is 0 Å². The Balaban J connectivity index is 1.89. The van der Waals surface area contributed by atoms with Crippen molar-refractivity contribution in [2.45, 2.75) is 45.2 Å². The van der Waals surface area contributed by atoms with Gasteiger partial charge >= 0.3 is 0 Å². The Morgan fingerprint density at radius 2 is 2.24 bits per heavy atom. The molecule has 1 N–H and O–H groups in total. The molecule has 1 saturated heterocycles. The number of likely N-dealkylation sites (N-methyl/N-ethyl adjacent to an activating group) is 1. The molecule has 98 valence electrons. The number of likely N-dealkylation sites (tertiary alicyclic amines) is 1. The largest absolute Gasteiger partial charge is 0.361 e. The molecule has 2 atom stereocenters. The third-order valence-corrected chi connectivity index (χ3v) is 4.59. The van der Waals surface area contributed by atoms with E-state index in [0.717, 1.165) is 6.54 Å². The maximum Gasteiger partial charge on any atom is 0.157 e. The second-order valence-electron chi connectivity index (χ2n) is 5.63. The van der Waals surface area contributed by atoms with Gasteiger partial charge in [-0.3, -0.25) is 4.99 Å². The highest BCUT2D eigenvalue weighted by Crippen LogP contribution is 2.22. The predicted molar refractivity (Wildman–Crippen MR) is 76.8 cm³/mol. The molecule has 0 bridgehead atoms. The molecular weight excluding hydrogens is 230 g/mol. The van der Waals surface area contributed by atoms with Crippen molar-refractivity contribution in [3.05, 3.63) is 0 Å². The molecule has 2 aliphatic heterocycles. The lowest BCUT2D eigenvalue weighted by Crippen LogP contribution is -2.46. The average molecular weight is 255 g/mol. The number of nitrogens with zero attached hydrogens (tertiary/aromatic N) is 2. The molecule has 2 unspecified atom stereocenters. The summed E-state index contributed by atoms with van der Waals surface area (Å²) in [4.78, 5) is 7.26. The van der Waals surface area contributed by atoms with Gasteiger partial charge < -0.3 is 10.2 Å². The van der Waals surface area contributed by atoms with Gasteiger partial charge in [0, 0.05) is 18.3 Å². The number of hydrogen-bond acceptors (Lipinski definition) is 4. The standard InChI is InChI=1S/C13H25N3S/c1-10(2)12-6-8-17-13(15-12)14-11-5-4-7-16(3)9-11/h10-12H,4-9H2,1-3H3,(H,14,15). The van der Waals surface area contributed by atoms with Crippen LogP contribution in [0.5, 0.6) is 0 Å². The zero-order chi connectivity index (χ0) is 12.3. The molecule has 2 aliphatic rings. The number of amidine groups is 1. The fraction of sp³-hybridized carbons (Fsp3) is 0.923. The van der Waals surface area contributed by atoms with Crippen LogP contribution >= 0.6 is 11.8 Å². The summed E-state index contributed by atoms with van der Waals surface area (Å²) < 4.78 is 0. The molecule has 0 aromatic rings. The Morgan fingerprint density at radius 3 is 2.94 bits per heavy atom. The van der Waals surface area contributed by atoms with Gasteiger partial charge in [0.05, 0.1) is 6.04 Å². The summed E-state index contributed by atoms with van der Waals surface area (Å²) in [6.07, 6.45) is 3.83. The van der Waals surface area contributed by atoms with Gasteiger partial charge in [-0.15, -0.1) is 0 Å². The Kier molecular flexibility index (Phi) is 4.74. The molecule has 4 heteroatoms. The van der Waals surface area contributed by atoms with Crippen LogP contribution in [0.15, 0.2) is 4.99 Å². The molecule has 0 aliphatic carbocycles. The lowest BCUT2D eigenvalue weighted by atomic mass is 10.0. The van der Waals surface area contributed by atoms with Gasteiger partial charge in [0.15, 0.2) is 5.17 Å². The van der Waals surface area contributed by atoms with Crippen molar-refractivity contribution in [2.75, 3.05) is 25.9 Å². The van der Waals surface area contributed by atoms with Crippen LogP contribution in [0.25, 0.3) is 0 Å². The van der Waals surface area contributed by atoms with Gasteiger partial charge in [0.2, 0.25) is 0 Å². The quantitative estimate of drug-likeness (QED) is 0.819. The molecule has 0 amide bonds. The highest BCUT2D eigenvalue weighted by molar-refractivity contribution is 8.13. The maximum absolute atomic E-state index is 4.85. The van der Waals surface area contributed by atoms with Crippen LogP contribution in [0, 0.1) is 5.92 Å². The predicted octanol–water partition coefficient (Wildman–Crippen LogP) is 2.19. The smallest absolute Gasteiger partial charge is 0.157 e. The van der Waals surface area contributed by atoms with E-state index in [9.17, 15) is 0 Å². The summed E-state index contributed by atoms with van der Waals surface area (Å²) in [5, 5.41) is 4.83. The zero-order valence-electron chi connectivity index (χ0n) is 11.3. The van der Waals surface area contributed by atoms with E-state index in [1.54, 1.807) is 0 Å². The van der Waals surface area contributed by atoms with Crippen molar-refractivity contribution < 1.29 is 0 Å². The van der Waals surface area contributed by atoms with Crippen molar-refractivity contribution in [1.29, 1.82) is 0 Å². The number of nitrogens with one attached hydrogen (secondary N) is 1. The van der Waals surface area contributed by atoms with Crippen LogP contribution in [0.4, 0.5) is 0 Å². The molecular formula is C13H25N3S. The molecule has 3 nitrogen and oxygen atoms in total. The minimum atomic E-state index is 0.528. The number of rotatable bonds is 2. The van der Waals surface area contributed by atoms with Crippen LogP contribution in [-0.2, 0) is 0 Å². The normalized spacial score (nSPS) is 31.4. The summed E-state index contributed by atoms with van der Waals surface area (Å²) in [6.45, 7) is 6.95. The molecule has 1 fully saturated rings. The Morgan fingerprint density at radius 1 is 1.41 bits per heavy atom. The van der Waals surface area contributed by atoms with Crippen molar-refractivity contribution in [1.82, 2.24) is 10.2 Å². The van der Waals surface area contributed by atoms with E-state index in [1.807, 2.05) is 11.8 Å². The van der Waals surface area contributed by atoms with Crippen LogP contribution in [-0.4, -0.2) is 48.0 Å². The minimum Gasteiger partial charge on any atom is -0.361 e. The van der Waals surface area contributed by atoms with E-state index in [-0.39, 0.29) is 0 Å². The first kappa shape index (κ1) is 13.2. The first-order valence-electron chi connectivity index (χ1n) is 6.81. The van der Waals surface area contributed by atoms with E-state index in [0.29, 0.717) is 18.0 Å². The van der Waals surface area contributed by atoms with Crippen LogP contribution in [0.3, 0.4) is 0 Å². The Bertz CT molecular complexity index is 278. The van der Waals surface area contributed by atoms with Gasteiger partial charge in [-0.2, -0.15) is 0 Å². The second-order valence-corrected chi connectivity index (χ2v) is 6.71. The molecule has 17 heavy (non-hydrogen) atoms. The van der Waals surface area contributed by atoms with Crippen molar-refractivity contribution in [3.8, 4) is 0 Å². The van der Waals surface area contributed by atoms with Crippen LogP contribution in [0.2, 0.25) is 0 Å². The summed E-state index contributed by atoms with van der Waals surface area (Å²) in [5.41, 5.74) is 0. The van der Waals surface area contributed by atoms with Crippen molar-refractivity contribution >= 4 is 16.9 Å². The second kappa shape index (κ2) is 6.10. The summed E-state index contributed by atoms with van der Waals surface area (Å²) in [6, 6.07) is 1.13. The first-order valence-corrected chi connectivity index (χ1v) is 7.79. The van der Waals surface area contributed by atoms with E-state index in [4.69, 9.17) is 4.99 Å². The SMILES string of the molecule is CC(C)C1CCSC(NC2CCCN(C)C2)=N1. The molecule has 0 saturated carbocycles. The molecule has 0 spiro atoms. The summed E-state index contributed by atoms with van der Waals surface area (Å²) in [7, 11) is 2.21. The highest BCUT2D eigenvalue weighted by atomic mass is 32.2. The third-order valence-electron chi connectivity index (χ3n) is 3.66. The lowest BCUT2D eigenvalue weighted by Gasteiger charge is -2.32. The van der Waals surface area contributed by atoms with Crippen LogP contribution < -0.4 is 5.32 Å². The first-order chi connectivity index (χ1) is 8.15. The van der Waals surface area contributed by atoms with Gasteiger partial charge in [0.1, 0.15) is 0 Å². The number of hydrogen-bond donors (Lipinski definition) is 1. The Labute approximate surface area is 109 Å². The highest BCUT2D eigenvalue weighted by Gasteiger charge is 2.22.